The fourth-order valence-electron chi connectivity index (χ4n) is 4.10. The Hall–Kier alpha value is -4.13. The number of nitrogens with one attached hydrogen (secondary N) is 2. The third kappa shape index (κ3) is 5.03. The molecule has 0 fully saturated rings. The second kappa shape index (κ2) is 9.99. The lowest BCUT2D eigenvalue weighted by Crippen LogP contribution is -2.41. The highest BCUT2D eigenvalue weighted by Gasteiger charge is 2.30. The predicted octanol–water partition coefficient (Wildman–Crippen LogP) is 3.86. The van der Waals surface area contributed by atoms with E-state index in [9.17, 15) is 14.4 Å². The smallest absolute Gasteiger partial charge is 0.408 e. The third-order valence-corrected chi connectivity index (χ3v) is 5.64. The summed E-state index contributed by atoms with van der Waals surface area (Å²) in [5, 5.41) is 14.0. The Morgan fingerprint density at radius 3 is 2.03 bits per heavy atom. The van der Waals surface area contributed by atoms with Crippen molar-refractivity contribution in [3.05, 3.63) is 95.6 Å². The van der Waals surface area contributed by atoms with E-state index in [1.807, 2.05) is 36.4 Å². The van der Waals surface area contributed by atoms with Gasteiger partial charge in [0.05, 0.1) is 6.42 Å². The van der Waals surface area contributed by atoms with Crippen LogP contribution in [-0.4, -0.2) is 36.2 Å². The van der Waals surface area contributed by atoms with Gasteiger partial charge in [-0.3, -0.25) is 9.59 Å². The van der Waals surface area contributed by atoms with Gasteiger partial charge in [-0.25, -0.2) is 4.79 Å². The van der Waals surface area contributed by atoms with Crippen molar-refractivity contribution in [2.75, 3.05) is 13.2 Å². The van der Waals surface area contributed by atoms with Crippen molar-refractivity contribution in [3.8, 4) is 11.1 Å². The first-order chi connectivity index (χ1) is 16.0. The molecule has 168 valence electrons. The van der Waals surface area contributed by atoms with Gasteiger partial charge in [-0.1, -0.05) is 78.9 Å². The number of carboxylic acid groups (broad SMARTS) is 1. The summed E-state index contributed by atoms with van der Waals surface area (Å²) < 4.78 is 5.56. The quantitative estimate of drug-likeness (QED) is 0.489. The van der Waals surface area contributed by atoms with Crippen LogP contribution in [0.1, 0.15) is 35.1 Å². The molecule has 0 saturated heterocycles. The third-order valence-electron chi connectivity index (χ3n) is 5.64. The standard InChI is InChI=1S/C26H24N2O5/c29-23(30)14-15-27-25(31)24(17-8-2-1-3-9-17)28-26(32)33-16-22-20-12-6-4-10-18(20)19-11-5-7-13-21(19)22/h1-13,22,24H,14-16H2,(H,27,31)(H,28,32)(H,29,30)/t24-/m1/s1. The number of amides is 2. The molecule has 7 heteroatoms. The summed E-state index contributed by atoms with van der Waals surface area (Å²) in [5.74, 6) is -1.62. The van der Waals surface area contributed by atoms with Crippen molar-refractivity contribution in [1.29, 1.82) is 0 Å². The molecule has 0 spiro atoms. The maximum absolute atomic E-state index is 12.7. The van der Waals surface area contributed by atoms with Crippen molar-refractivity contribution < 1.29 is 24.2 Å². The number of aliphatic carboxylic acids is 1. The lowest BCUT2D eigenvalue weighted by atomic mass is 9.98. The summed E-state index contributed by atoms with van der Waals surface area (Å²) in [6.45, 7) is 0.0892. The van der Waals surface area contributed by atoms with Crippen LogP contribution in [0.25, 0.3) is 11.1 Å². The number of hydrogen-bond acceptors (Lipinski definition) is 4. The van der Waals surface area contributed by atoms with Crippen LogP contribution in [0, 0.1) is 0 Å². The normalized spacial score (nSPS) is 12.8. The van der Waals surface area contributed by atoms with Gasteiger partial charge in [0.1, 0.15) is 12.6 Å². The van der Waals surface area contributed by atoms with Gasteiger partial charge in [-0.15, -0.1) is 0 Å². The summed E-state index contributed by atoms with van der Waals surface area (Å²) >= 11 is 0. The van der Waals surface area contributed by atoms with E-state index >= 15 is 0 Å². The first kappa shape index (κ1) is 22.1. The van der Waals surface area contributed by atoms with Crippen LogP contribution < -0.4 is 10.6 Å². The molecule has 3 N–H and O–H groups in total. The average molecular weight is 444 g/mol. The van der Waals surface area contributed by atoms with E-state index in [-0.39, 0.29) is 25.5 Å². The summed E-state index contributed by atoms with van der Waals surface area (Å²) in [7, 11) is 0. The minimum atomic E-state index is -1.02. The molecule has 0 aromatic heterocycles. The number of carbonyl (C=O) groups is 3. The van der Waals surface area contributed by atoms with E-state index in [0.29, 0.717) is 5.56 Å². The minimum absolute atomic E-state index is 0.0378. The number of carbonyl (C=O) groups excluding carboxylic acids is 2. The van der Waals surface area contributed by atoms with Gasteiger partial charge in [0.25, 0.3) is 0 Å². The fraction of sp³-hybridized carbons (Fsp3) is 0.192. The van der Waals surface area contributed by atoms with Gasteiger partial charge in [-0.05, 0) is 27.8 Å². The van der Waals surface area contributed by atoms with E-state index in [1.54, 1.807) is 30.3 Å². The molecule has 0 saturated carbocycles. The number of rotatable bonds is 8. The van der Waals surface area contributed by atoms with Gasteiger partial charge in [0.2, 0.25) is 5.91 Å². The average Bonchev–Trinajstić information content (AvgIpc) is 3.15. The van der Waals surface area contributed by atoms with E-state index < -0.39 is 24.0 Å². The molecule has 0 bridgehead atoms. The molecular weight excluding hydrogens is 420 g/mol. The van der Waals surface area contributed by atoms with Crippen molar-refractivity contribution >= 4 is 18.0 Å². The molecule has 2 amide bonds. The lowest BCUT2D eigenvalue weighted by molar-refractivity contribution is -0.137. The molecule has 1 aliphatic rings. The molecule has 0 heterocycles. The Morgan fingerprint density at radius 1 is 0.848 bits per heavy atom. The highest BCUT2D eigenvalue weighted by molar-refractivity contribution is 5.87. The monoisotopic (exact) mass is 444 g/mol. The van der Waals surface area contributed by atoms with E-state index in [2.05, 4.69) is 22.8 Å². The number of ether oxygens (including phenoxy) is 1. The Balaban J connectivity index is 1.45. The number of fused-ring (bicyclic) bond motifs is 3. The van der Waals surface area contributed by atoms with Gasteiger partial charge in [-0.2, -0.15) is 0 Å². The molecule has 4 rings (SSSR count). The van der Waals surface area contributed by atoms with Crippen LogP contribution in [-0.2, 0) is 14.3 Å². The Kier molecular flexibility index (Phi) is 6.69. The molecule has 1 atom stereocenters. The van der Waals surface area contributed by atoms with Crippen LogP contribution in [0.4, 0.5) is 4.79 Å². The number of alkyl carbamates (subject to hydrolysis) is 1. The first-order valence-corrected chi connectivity index (χ1v) is 10.7. The van der Waals surface area contributed by atoms with Gasteiger partial charge >= 0.3 is 12.1 Å². The zero-order valence-corrected chi connectivity index (χ0v) is 17.9. The second-order valence-electron chi connectivity index (χ2n) is 7.75. The molecule has 3 aromatic carbocycles. The topological polar surface area (TPSA) is 105 Å². The van der Waals surface area contributed by atoms with E-state index in [4.69, 9.17) is 9.84 Å². The van der Waals surface area contributed by atoms with Crippen molar-refractivity contribution in [3.63, 3.8) is 0 Å². The number of hydrogen-bond donors (Lipinski definition) is 3. The van der Waals surface area contributed by atoms with Gasteiger partial charge in [0.15, 0.2) is 0 Å². The molecule has 0 aliphatic heterocycles. The fourth-order valence-corrected chi connectivity index (χ4v) is 4.10. The van der Waals surface area contributed by atoms with Crippen LogP contribution in [0.15, 0.2) is 78.9 Å². The maximum atomic E-state index is 12.7. The zero-order valence-electron chi connectivity index (χ0n) is 17.9. The van der Waals surface area contributed by atoms with Crippen molar-refractivity contribution in [2.45, 2.75) is 18.4 Å². The molecule has 0 radical (unpaired) electrons. The summed E-state index contributed by atoms with van der Waals surface area (Å²) in [6, 6.07) is 23.8. The summed E-state index contributed by atoms with van der Waals surface area (Å²) in [5.41, 5.74) is 5.01. The Bertz CT molecular complexity index is 1120. The molecule has 0 unspecified atom stereocenters. The predicted molar refractivity (Wildman–Crippen MR) is 123 cm³/mol. The zero-order chi connectivity index (χ0) is 23.2. The van der Waals surface area contributed by atoms with E-state index in [1.165, 1.54) is 0 Å². The van der Waals surface area contributed by atoms with Gasteiger partial charge < -0.3 is 20.5 Å². The Labute approximate surface area is 191 Å². The summed E-state index contributed by atoms with van der Waals surface area (Å²) in [6.07, 6.45) is -0.933. The van der Waals surface area contributed by atoms with Crippen LogP contribution in [0.5, 0.6) is 0 Å². The van der Waals surface area contributed by atoms with Crippen LogP contribution in [0.3, 0.4) is 0 Å². The van der Waals surface area contributed by atoms with Gasteiger partial charge in [0, 0.05) is 12.5 Å². The highest BCUT2D eigenvalue weighted by Crippen LogP contribution is 2.44. The SMILES string of the molecule is O=C(O)CCNC(=O)[C@H](NC(=O)OCC1c2ccccc2-c2ccccc21)c1ccccc1. The lowest BCUT2D eigenvalue weighted by Gasteiger charge is -2.20. The number of benzene rings is 3. The van der Waals surface area contributed by atoms with E-state index in [0.717, 1.165) is 22.3 Å². The molecular formula is C26H24N2O5. The van der Waals surface area contributed by atoms with Crippen molar-refractivity contribution in [2.24, 2.45) is 0 Å². The minimum Gasteiger partial charge on any atom is -0.481 e. The molecule has 3 aromatic rings. The molecule has 33 heavy (non-hydrogen) atoms. The molecule has 7 nitrogen and oxygen atoms in total. The first-order valence-electron chi connectivity index (χ1n) is 10.7. The second-order valence-corrected chi connectivity index (χ2v) is 7.75. The summed E-state index contributed by atoms with van der Waals surface area (Å²) in [4.78, 5) is 36.1. The van der Waals surface area contributed by atoms with Crippen LogP contribution in [0.2, 0.25) is 0 Å². The Morgan fingerprint density at radius 2 is 1.42 bits per heavy atom. The highest BCUT2D eigenvalue weighted by atomic mass is 16.5. The van der Waals surface area contributed by atoms with Crippen LogP contribution >= 0.6 is 0 Å². The largest absolute Gasteiger partial charge is 0.481 e. The maximum Gasteiger partial charge on any atom is 0.408 e. The number of carboxylic acids is 1. The molecule has 1 aliphatic carbocycles. The van der Waals surface area contributed by atoms with Crippen molar-refractivity contribution in [1.82, 2.24) is 10.6 Å².